The molecule has 0 bridgehead atoms. The Bertz CT molecular complexity index is 872. The maximum Gasteiger partial charge on any atom is 0.197 e. The van der Waals surface area contributed by atoms with Gasteiger partial charge in [0, 0.05) is 13.1 Å². The molecule has 4 heteroatoms. The van der Waals surface area contributed by atoms with E-state index in [0.29, 0.717) is 5.96 Å². The van der Waals surface area contributed by atoms with Crippen LogP contribution in [0.2, 0.25) is 0 Å². The highest BCUT2D eigenvalue weighted by Gasteiger charge is 2.34. The lowest BCUT2D eigenvalue weighted by Gasteiger charge is -2.25. The molecule has 2 aromatic rings. The molecule has 4 rings (SSSR count). The molecule has 2 aliphatic heterocycles. The van der Waals surface area contributed by atoms with Crippen LogP contribution in [-0.4, -0.2) is 29.8 Å². The Morgan fingerprint density at radius 2 is 1.77 bits per heavy atom. The number of rotatable bonds is 2. The molecule has 1 atom stereocenters. The van der Waals surface area contributed by atoms with Gasteiger partial charge in [0.25, 0.3) is 0 Å². The maximum absolute atomic E-state index is 6.17. The molecule has 4 nitrogen and oxygen atoms in total. The van der Waals surface area contributed by atoms with Crippen molar-refractivity contribution in [2.45, 2.75) is 38.6 Å². The number of amidine groups is 1. The fourth-order valence-corrected chi connectivity index (χ4v) is 3.70. The van der Waals surface area contributed by atoms with Crippen LogP contribution in [0, 0.1) is 0 Å². The number of benzene rings is 2. The molecule has 26 heavy (non-hydrogen) atoms. The first kappa shape index (κ1) is 16.8. The highest BCUT2D eigenvalue weighted by molar-refractivity contribution is 6.08. The molecule has 0 aliphatic carbocycles. The average molecular weight is 346 g/mol. The summed E-state index contributed by atoms with van der Waals surface area (Å²) in [6, 6.07) is 17.2. The number of nitrogens with two attached hydrogens (primary N) is 1. The molecule has 2 aliphatic rings. The van der Waals surface area contributed by atoms with Crippen molar-refractivity contribution in [1.82, 2.24) is 4.90 Å². The molecule has 2 heterocycles. The Hall–Kier alpha value is -2.62. The predicted molar refractivity (Wildman–Crippen MR) is 109 cm³/mol. The van der Waals surface area contributed by atoms with Crippen LogP contribution in [0.15, 0.2) is 58.5 Å². The molecule has 2 N–H and O–H groups in total. The zero-order valence-electron chi connectivity index (χ0n) is 15.7. The minimum atomic E-state index is -0.103. The summed E-state index contributed by atoms with van der Waals surface area (Å²) in [5.41, 5.74) is 11.2. The van der Waals surface area contributed by atoms with Crippen LogP contribution in [0.25, 0.3) is 11.1 Å². The quantitative estimate of drug-likeness (QED) is 0.889. The van der Waals surface area contributed by atoms with Gasteiger partial charge in [-0.1, -0.05) is 69.3 Å². The standard InChI is InChI=1S/C22H26N4/c1-22(2,3)16-11-9-15(10-12-16)17-7-4-5-8-18(17)19-20-24-13-6-14-26(20)21(23)25-19/h4-5,7-12,19H,6,13-14H2,1-3H3,(H2,23,25). The third kappa shape index (κ3) is 2.90. The van der Waals surface area contributed by atoms with Crippen molar-refractivity contribution in [3.63, 3.8) is 0 Å². The summed E-state index contributed by atoms with van der Waals surface area (Å²) in [5.74, 6) is 1.58. The summed E-state index contributed by atoms with van der Waals surface area (Å²) in [5, 5.41) is 0. The Kier molecular flexibility index (Phi) is 4.06. The summed E-state index contributed by atoms with van der Waals surface area (Å²) < 4.78 is 0. The van der Waals surface area contributed by atoms with Crippen molar-refractivity contribution in [3.05, 3.63) is 59.7 Å². The van der Waals surface area contributed by atoms with E-state index in [2.05, 4.69) is 74.2 Å². The largest absolute Gasteiger partial charge is 0.369 e. The third-order valence-corrected chi connectivity index (χ3v) is 5.19. The van der Waals surface area contributed by atoms with Crippen molar-refractivity contribution in [1.29, 1.82) is 0 Å². The normalized spacial score (nSPS) is 19.8. The lowest BCUT2D eigenvalue weighted by atomic mass is 9.85. The molecular formula is C22H26N4. The first-order valence-corrected chi connectivity index (χ1v) is 9.30. The molecule has 0 spiro atoms. The van der Waals surface area contributed by atoms with E-state index in [1.54, 1.807) is 0 Å². The van der Waals surface area contributed by atoms with Gasteiger partial charge in [-0.05, 0) is 34.1 Å². The van der Waals surface area contributed by atoms with E-state index in [4.69, 9.17) is 15.7 Å². The zero-order chi connectivity index (χ0) is 18.3. The summed E-state index contributed by atoms with van der Waals surface area (Å²) in [4.78, 5) is 11.5. The summed E-state index contributed by atoms with van der Waals surface area (Å²) in [6.45, 7) is 8.48. The van der Waals surface area contributed by atoms with Crippen molar-refractivity contribution in [2.24, 2.45) is 15.7 Å². The van der Waals surface area contributed by atoms with Gasteiger partial charge >= 0.3 is 0 Å². The van der Waals surface area contributed by atoms with E-state index >= 15 is 0 Å². The van der Waals surface area contributed by atoms with Gasteiger partial charge in [-0.25, -0.2) is 4.99 Å². The van der Waals surface area contributed by atoms with Gasteiger partial charge in [-0.15, -0.1) is 0 Å². The SMILES string of the molecule is CC(C)(C)c1ccc(-c2ccccc2C2N=C(N)N3CCCN=C23)cc1. The van der Waals surface area contributed by atoms with Gasteiger partial charge < -0.3 is 5.73 Å². The molecule has 0 amide bonds. The third-order valence-electron chi connectivity index (χ3n) is 5.19. The number of fused-ring (bicyclic) bond motifs is 1. The lowest BCUT2D eigenvalue weighted by Crippen LogP contribution is -2.41. The first-order chi connectivity index (χ1) is 12.4. The molecule has 0 aromatic heterocycles. The monoisotopic (exact) mass is 346 g/mol. The van der Waals surface area contributed by atoms with Gasteiger partial charge in [0.2, 0.25) is 0 Å². The van der Waals surface area contributed by atoms with Gasteiger partial charge in [0.1, 0.15) is 11.9 Å². The highest BCUT2D eigenvalue weighted by Crippen LogP contribution is 2.36. The van der Waals surface area contributed by atoms with Crippen molar-refractivity contribution in [3.8, 4) is 11.1 Å². The van der Waals surface area contributed by atoms with E-state index in [0.717, 1.165) is 25.3 Å². The average Bonchev–Trinajstić information content (AvgIpc) is 2.98. The van der Waals surface area contributed by atoms with Gasteiger partial charge in [-0.3, -0.25) is 9.89 Å². The Morgan fingerprint density at radius 1 is 1.04 bits per heavy atom. The molecule has 1 unspecified atom stereocenters. The molecule has 134 valence electrons. The summed E-state index contributed by atoms with van der Waals surface area (Å²) in [6.07, 6.45) is 1.03. The predicted octanol–water partition coefficient (Wildman–Crippen LogP) is 4.12. The maximum atomic E-state index is 6.17. The number of guanidine groups is 1. The number of aliphatic imine (C=N–C) groups is 2. The topological polar surface area (TPSA) is 54.0 Å². The van der Waals surface area contributed by atoms with Crippen LogP contribution in [-0.2, 0) is 5.41 Å². The van der Waals surface area contributed by atoms with E-state index in [1.165, 1.54) is 22.3 Å². The summed E-state index contributed by atoms with van der Waals surface area (Å²) >= 11 is 0. The minimum absolute atomic E-state index is 0.103. The van der Waals surface area contributed by atoms with Crippen LogP contribution >= 0.6 is 0 Å². The van der Waals surface area contributed by atoms with E-state index in [-0.39, 0.29) is 11.5 Å². The Morgan fingerprint density at radius 3 is 2.50 bits per heavy atom. The molecule has 0 fully saturated rings. The van der Waals surface area contributed by atoms with Crippen LogP contribution < -0.4 is 5.73 Å². The minimum Gasteiger partial charge on any atom is -0.369 e. The van der Waals surface area contributed by atoms with E-state index in [9.17, 15) is 0 Å². The van der Waals surface area contributed by atoms with Crippen LogP contribution in [0.5, 0.6) is 0 Å². The molecule has 2 aromatic carbocycles. The Labute approximate surface area is 155 Å². The number of hydrogen-bond acceptors (Lipinski definition) is 4. The van der Waals surface area contributed by atoms with Crippen molar-refractivity contribution >= 4 is 11.8 Å². The van der Waals surface area contributed by atoms with Gasteiger partial charge in [0.15, 0.2) is 5.96 Å². The molecule has 0 saturated carbocycles. The Balaban J connectivity index is 1.75. The number of nitrogens with zero attached hydrogens (tertiary/aromatic N) is 3. The fraction of sp³-hybridized carbons (Fsp3) is 0.364. The zero-order valence-corrected chi connectivity index (χ0v) is 15.7. The molecular weight excluding hydrogens is 320 g/mol. The van der Waals surface area contributed by atoms with Crippen LogP contribution in [0.3, 0.4) is 0 Å². The first-order valence-electron chi connectivity index (χ1n) is 9.30. The van der Waals surface area contributed by atoms with Gasteiger partial charge in [0.05, 0.1) is 0 Å². The second-order valence-electron chi connectivity index (χ2n) is 8.05. The summed E-state index contributed by atoms with van der Waals surface area (Å²) in [7, 11) is 0. The lowest BCUT2D eigenvalue weighted by molar-refractivity contribution is 0.545. The molecule has 0 saturated heterocycles. The van der Waals surface area contributed by atoms with Crippen LogP contribution in [0.1, 0.15) is 44.4 Å². The number of hydrogen-bond donors (Lipinski definition) is 1. The van der Waals surface area contributed by atoms with Crippen LogP contribution in [0.4, 0.5) is 0 Å². The second-order valence-corrected chi connectivity index (χ2v) is 8.05. The fourth-order valence-electron chi connectivity index (χ4n) is 3.70. The van der Waals surface area contributed by atoms with Gasteiger partial charge in [-0.2, -0.15) is 0 Å². The van der Waals surface area contributed by atoms with Crippen molar-refractivity contribution in [2.75, 3.05) is 13.1 Å². The van der Waals surface area contributed by atoms with E-state index < -0.39 is 0 Å². The second kappa shape index (κ2) is 6.27. The smallest absolute Gasteiger partial charge is 0.197 e. The highest BCUT2D eigenvalue weighted by atomic mass is 15.4. The van der Waals surface area contributed by atoms with Crippen molar-refractivity contribution < 1.29 is 0 Å². The van der Waals surface area contributed by atoms with E-state index in [1.807, 2.05) is 0 Å². The molecule has 0 radical (unpaired) electrons.